The second kappa shape index (κ2) is 6.79. The molecule has 0 atom stereocenters. The summed E-state index contributed by atoms with van der Waals surface area (Å²) in [4.78, 5) is 18.7. The average molecular weight is 330 g/mol. The Labute approximate surface area is 142 Å². The van der Waals surface area contributed by atoms with Crippen LogP contribution in [0.1, 0.15) is 49.8 Å². The summed E-state index contributed by atoms with van der Waals surface area (Å²) in [7, 11) is 5.53. The van der Waals surface area contributed by atoms with Gasteiger partial charge in [-0.2, -0.15) is 9.61 Å². The molecule has 3 rings (SSSR count). The molecule has 0 aliphatic heterocycles. The van der Waals surface area contributed by atoms with Gasteiger partial charge in [-0.15, -0.1) is 0 Å². The van der Waals surface area contributed by atoms with Crippen molar-refractivity contribution in [3.05, 3.63) is 23.5 Å². The van der Waals surface area contributed by atoms with E-state index in [1.807, 2.05) is 24.8 Å². The van der Waals surface area contributed by atoms with Crippen molar-refractivity contribution >= 4 is 17.4 Å². The molecule has 1 aliphatic rings. The first-order valence-corrected chi connectivity index (χ1v) is 8.67. The van der Waals surface area contributed by atoms with Crippen LogP contribution in [0.3, 0.4) is 0 Å². The highest BCUT2D eigenvalue weighted by atomic mass is 16.5. The number of hydrogen-bond acceptors (Lipinski definition) is 5. The van der Waals surface area contributed by atoms with Gasteiger partial charge in [-0.25, -0.2) is 4.98 Å². The van der Waals surface area contributed by atoms with Crippen molar-refractivity contribution in [2.24, 2.45) is 5.92 Å². The van der Waals surface area contributed by atoms with Crippen molar-refractivity contribution in [3.8, 4) is 0 Å². The zero-order valence-corrected chi connectivity index (χ0v) is 15.0. The quantitative estimate of drug-likeness (QED) is 0.807. The Bertz CT molecular complexity index is 730. The maximum Gasteiger partial charge on any atom is 0.308 e. The van der Waals surface area contributed by atoms with Crippen LogP contribution in [0.5, 0.6) is 0 Å². The third-order valence-corrected chi connectivity index (χ3v) is 5.06. The first kappa shape index (κ1) is 16.7. The molecule has 0 aromatic carbocycles. The summed E-state index contributed by atoms with van der Waals surface area (Å²) in [6.07, 6.45) is 6.54. The molecule has 1 aliphatic carbocycles. The Morgan fingerprint density at radius 1 is 1.33 bits per heavy atom. The third-order valence-electron chi connectivity index (χ3n) is 5.06. The summed E-state index contributed by atoms with van der Waals surface area (Å²) in [6.45, 7) is 2.13. The SMILES string of the molecule is CCc1cnn2c(N(C)C)cc(C3CCC(C(=O)OC)CC3)nc12. The lowest BCUT2D eigenvalue weighted by Gasteiger charge is -2.27. The first-order valence-electron chi connectivity index (χ1n) is 8.67. The lowest BCUT2D eigenvalue weighted by Crippen LogP contribution is -2.23. The van der Waals surface area contributed by atoms with Gasteiger partial charge in [0, 0.05) is 37.3 Å². The molecule has 0 radical (unpaired) electrons. The Balaban J connectivity index is 1.91. The predicted molar refractivity (Wildman–Crippen MR) is 93.4 cm³/mol. The van der Waals surface area contributed by atoms with Gasteiger partial charge in [0.05, 0.1) is 19.2 Å². The normalized spacial score (nSPS) is 21.0. The van der Waals surface area contributed by atoms with Crippen LogP contribution in [0.15, 0.2) is 12.3 Å². The van der Waals surface area contributed by atoms with Gasteiger partial charge >= 0.3 is 5.97 Å². The number of hydrogen-bond donors (Lipinski definition) is 0. The summed E-state index contributed by atoms with van der Waals surface area (Å²) in [6, 6.07) is 2.14. The smallest absolute Gasteiger partial charge is 0.308 e. The standard InChI is InChI=1S/C18H26N4O2/c1-5-12-11-19-22-16(21(2)3)10-15(20-17(12)22)13-6-8-14(9-7-13)18(23)24-4/h10-11,13-14H,5-9H2,1-4H3. The highest BCUT2D eigenvalue weighted by molar-refractivity contribution is 5.72. The molecular formula is C18H26N4O2. The number of aromatic nitrogens is 3. The Morgan fingerprint density at radius 2 is 2.04 bits per heavy atom. The average Bonchev–Trinajstić information content (AvgIpc) is 3.03. The molecular weight excluding hydrogens is 304 g/mol. The van der Waals surface area contributed by atoms with Crippen LogP contribution in [-0.4, -0.2) is 41.8 Å². The van der Waals surface area contributed by atoms with Gasteiger partial charge in [0.15, 0.2) is 5.65 Å². The number of anilines is 1. The van der Waals surface area contributed by atoms with Gasteiger partial charge in [0.2, 0.25) is 0 Å². The minimum atomic E-state index is -0.0742. The van der Waals surface area contributed by atoms with Crippen molar-refractivity contribution in [1.82, 2.24) is 14.6 Å². The number of methoxy groups -OCH3 is 1. The van der Waals surface area contributed by atoms with E-state index in [1.54, 1.807) is 0 Å². The van der Waals surface area contributed by atoms with E-state index in [2.05, 4.69) is 23.0 Å². The number of nitrogens with zero attached hydrogens (tertiary/aromatic N) is 4. The molecule has 2 heterocycles. The van der Waals surface area contributed by atoms with Crippen molar-refractivity contribution < 1.29 is 9.53 Å². The molecule has 0 saturated heterocycles. The molecule has 1 fully saturated rings. The Hall–Kier alpha value is -2.11. The Morgan fingerprint density at radius 3 is 2.62 bits per heavy atom. The molecule has 0 spiro atoms. The van der Waals surface area contributed by atoms with Crippen LogP contribution >= 0.6 is 0 Å². The van der Waals surface area contributed by atoms with Crippen molar-refractivity contribution in [1.29, 1.82) is 0 Å². The largest absolute Gasteiger partial charge is 0.469 e. The third kappa shape index (κ3) is 2.97. The molecule has 2 aromatic rings. The highest BCUT2D eigenvalue weighted by Gasteiger charge is 2.29. The fourth-order valence-electron chi connectivity index (χ4n) is 3.58. The number of carbonyl (C=O) groups is 1. The van der Waals surface area contributed by atoms with E-state index in [0.717, 1.165) is 49.3 Å². The number of esters is 1. The maximum atomic E-state index is 11.7. The molecule has 2 aromatic heterocycles. The second-order valence-corrected chi connectivity index (χ2v) is 6.76. The highest BCUT2D eigenvalue weighted by Crippen LogP contribution is 2.36. The van der Waals surface area contributed by atoms with E-state index in [9.17, 15) is 4.79 Å². The lowest BCUT2D eigenvalue weighted by molar-refractivity contribution is -0.146. The molecule has 0 N–H and O–H groups in total. The Kier molecular flexibility index (Phi) is 4.73. The molecule has 0 amide bonds. The van der Waals surface area contributed by atoms with Gasteiger partial charge in [0.25, 0.3) is 0 Å². The summed E-state index contributed by atoms with van der Waals surface area (Å²) >= 11 is 0. The molecule has 130 valence electrons. The fourth-order valence-corrected chi connectivity index (χ4v) is 3.58. The van der Waals surface area contributed by atoms with Gasteiger partial charge in [-0.1, -0.05) is 6.92 Å². The summed E-state index contributed by atoms with van der Waals surface area (Å²) in [5.41, 5.74) is 3.24. The summed E-state index contributed by atoms with van der Waals surface area (Å²) < 4.78 is 6.80. The summed E-state index contributed by atoms with van der Waals surface area (Å²) in [5.74, 6) is 1.42. The van der Waals surface area contributed by atoms with Crippen LogP contribution in [0.2, 0.25) is 0 Å². The molecule has 6 nitrogen and oxygen atoms in total. The van der Waals surface area contributed by atoms with E-state index < -0.39 is 0 Å². The van der Waals surface area contributed by atoms with Crippen molar-refractivity contribution in [2.75, 3.05) is 26.1 Å². The van der Waals surface area contributed by atoms with E-state index in [4.69, 9.17) is 9.72 Å². The van der Waals surface area contributed by atoms with E-state index in [-0.39, 0.29) is 11.9 Å². The van der Waals surface area contributed by atoms with Gasteiger partial charge in [0.1, 0.15) is 5.82 Å². The molecule has 1 saturated carbocycles. The van der Waals surface area contributed by atoms with Crippen LogP contribution in [-0.2, 0) is 16.0 Å². The first-order chi connectivity index (χ1) is 11.5. The molecule has 6 heteroatoms. The van der Waals surface area contributed by atoms with Gasteiger partial charge < -0.3 is 9.64 Å². The zero-order chi connectivity index (χ0) is 17.3. The fraction of sp³-hybridized carbons (Fsp3) is 0.611. The summed E-state index contributed by atoms with van der Waals surface area (Å²) in [5, 5.41) is 4.49. The lowest BCUT2D eigenvalue weighted by atomic mass is 9.80. The molecule has 0 bridgehead atoms. The van der Waals surface area contributed by atoms with Gasteiger partial charge in [-0.3, -0.25) is 4.79 Å². The van der Waals surface area contributed by atoms with Crippen molar-refractivity contribution in [3.63, 3.8) is 0 Å². The number of carbonyl (C=O) groups excluding carboxylic acids is 1. The van der Waals surface area contributed by atoms with Crippen LogP contribution in [0.4, 0.5) is 5.82 Å². The minimum Gasteiger partial charge on any atom is -0.469 e. The monoisotopic (exact) mass is 330 g/mol. The minimum absolute atomic E-state index is 0.0458. The topological polar surface area (TPSA) is 59.7 Å². The van der Waals surface area contributed by atoms with Crippen molar-refractivity contribution in [2.45, 2.75) is 44.9 Å². The number of ether oxygens (including phenoxy) is 1. The number of aryl methyl sites for hydroxylation is 1. The predicted octanol–water partition coefficient (Wildman–Crippen LogP) is 2.80. The number of rotatable bonds is 4. The van der Waals surface area contributed by atoms with Crippen LogP contribution in [0, 0.1) is 5.92 Å². The van der Waals surface area contributed by atoms with Crippen LogP contribution < -0.4 is 4.90 Å². The van der Waals surface area contributed by atoms with E-state index in [1.165, 1.54) is 12.7 Å². The van der Waals surface area contributed by atoms with Crippen LogP contribution in [0.25, 0.3) is 5.65 Å². The maximum absolute atomic E-state index is 11.7. The molecule has 0 unspecified atom stereocenters. The number of fused-ring (bicyclic) bond motifs is 1. The molecule has 24 heavy (non-hydrogen) atoms. The van der Waals surface area contributed by atoms with E-state index in [0.29, 0.717) is 5.92 Å². The van der Waals surface area contributed by atoms with E-state index >= 15 is 0 Å². The zero-order valence-electron chi connectivity index (χ0n) is 15.0. The van der Waals surface area contributed by atoms with Gasteiger partial charge in [-0.05, 0) is 32.1 Å². The second-order valence-electron chi connectivity index (χ2n) is 6.76.